The van der Waals surface area contributed by atoms with Gasteiger partial charge in [-0.3, -0.25) is 9.59 Å². The van der Waals surface area contributed by atoms with E-state index in [-0.39, 0.29) is 5.41 Å². The van der Waals surface area contributed by atoms with Gasteiger partial charge in [0.1, 0.15) is 0 Å². The highest BCUT2D eigenvalue weighted by Gasteiger charge is 2.35. The number of rotatable bonds is 4. The topological polar surface area (TPSA) is 67.4 Å². The highest BCUT2D eigenvalue weighted by atomic mass is 35.5. The summed E-state index contributed by atoms with van der Waals surface area (Å²) < 4.78 is 5.49. The summed E-state index contributed by atoms with van der Waals surface area (Å²) in [4.78, 5) is 24.4. The summed E-state index contributed by atoms with van der Waals surface area (Å²) in [6.45, 7) is 1.68. The first-order valence-electron chi connectivity index (χ1n) is 8.57. The van der Waals surface area contributed by atoms with Gasteiger partial charge in [0, 0.05) is 35.9 Å². The van der Waals surface area contributed by atoms with Crippen LogP contribution in [0.15, 0.2) is 54.6 Å². The lowest BCUT2D eigenvalue weighted by Gasteiger charge is -2.37. The van der Waals surface area contributed by atoms with E-state index in [0.29, 0.717) is 30.5 Å². The zero-order valence-electron chi connectivity index (χ0n) is 14.3. The van der Waals surface area contributed by atoms with Crippen molar-refractivity contribution in [3.05, 3.63) is 65.2 Å². The predicted octanol–water partition coefficient (Wildman–Crippen LogP) is 3.14. The molecule has 2 aromatic carbocycles. The fourth-order valence-electron chi connectivity index (χ4n) is 3.17. The molecule has 5 nitrogen and oxygen atoms in total. The maximum absolute atomic E-state index is 12.3. The summed E-state index contributed by atoms with van der Waals surface area (Å²) in [6, 6.07) is 16.7. The number of halogens is 1. The van der Waals surface area contributed by atoms with E-state index in [9.17, 15) is 9.59 Å². The number of carbonyl (C=O) groups excluding carboxylic acids is 2. The predicted molar refractivity (Wildman–Crippen MR) is 101 cm³/mol. The van der Waals surface area contributed by atoms with Crippen molar-refractivity contribution in [3.63, 3.8) is 0 Å². The van der Waals surface area contributed by atoms with Gasteiger partial charge in [-0.2, -0.15) is 0 Å². The molecular weight excluding hydrogens is 352 g/mol. The maximum Gasteiger partial charge on any atom is 0.313 e. The van der Waals surface area contributed by atoms with Crippen molar-refractivity contribution in [3.8, 4) is 0 Å². The maximum atomic E-state index is 12.3. The minimum absolute atomic E-state index is 0.213. The zero-order chi connectivity index (χ0) is 18.4. The van der Waals surface area contributed by atoms with Gasteiger partial charge in [-0.1, -0.05) is 41.9 Å². The number of nitrogens with one attached hydrogen (secondary N) is 2. The van der Waals surface area contributed by atoms with Crippen molar-refractivity contribution >= 4 is 29.1 Å². The number of hydrogen-bond donors (Lipinski definition) is 2. The highest BCUT2D eigenvalue weighted by molar-refractivity contribution is 6.39. The third kappa shape index (κ3) is 4.42. The standard InChI is InChI=1S/C20H21ClN2O3/c21-16-6-8-17(9-7-16)23-19(25)18(24)22-14-20(10-12-26-13-11-20)15-4-2-1-3-5-15/h1-9H,10-14H2,(H,22,24)(H,23,25). The summed E-state index contributed by atoms with van der Waals surface area (Å²) in [5, 5.41) is 5.93. The Bertz CT molecular complexity index is 756. The number of amides is 2. The Labute approximate surface area is 157 Å². The molecule has 136 valence electrons. The Morgan fingerprint density at radius 3 is 2.27 bits per heavy atom. The number of carbonyl (C=O) groups is 2. The molecule has 6 heteroatoms. The van der Waals surface area contributed by atoms with Gasteiger partial charge >= 0.3 is 11.8 Å². The first-order chi connectivity index (χ1) is 12.6. The van der Waals surface area contributed by atoms with Gasteiger partial charge in [-0.25, -0.2) is 0 Å². The summed E-state index contributed by atoms with van der Waals surface area (Å²) in [7, 11) is 0. The molecule has 0 bridgehead atoms. The molecule has 0 atom stereocenters. The summed E-state index contributed by atoms with van der Waals surface area (Å²) >= 11 is 5.82. The van der Waals surface area contributed by atoms with E-state index in [1.54, 1.807) is 24.3 Å². The van der Waals surface area contributed by atoms with E-state index in [2.05, 4.69) is 22.8 Å². The van der Waals surface area contributed by atoms with Gasteiger partial charge in [-0.15, -0.1) is 0 Å². The molecule has 3 rings (SSSR count). The van der Waals surface area contributed by atoms with Crippen LogP contribution in [0.3, 0.4) is 0 Å². The quantitative estimate of drug-likeness (QED) is 0.810. The minimum atomic E-state index is -0.692. The average Bonchev–Trinajstić information content (AvgIpc) is 2.69. The van der Waals surface area contributed by atoms with Crippen LogP contribution in [-0.2, 0) is 19.7 Å². The second-order valence-corrected chi connectivity index (χ2v) is 6.84. The van der Waals surface area contributed by atoms with Gasteiger partial charge in [0.05, 0.1) is 0 Å². The van der Waals surface area contributed by atoms with E-state index in [4.69, 9.17) is 16.3 Å². The van der Waals surface area contributed by atoms with Crippen molar-refractivity contribution in [2.45, 2.75) is 18.3 Å². The van der Waals surface area contributed by atoms with Gasteiger partial charge in [0.15, 0.2) is 0 Å². The smallest absolute Gasteiger partial charge is 0.313 e. The van der Waals surface area contributed by atoms with Crippen LogP contribution in [0, 0.1) is 0 Å². The molecule has 0 spiro atoms. The van der Waals surface area contributed by atoms with Gasteiger partial charge in [-0.05, 0) is 42.7 Å². The molecule has 0 aromatic heterocycles. The lowest BCUT2D eigenvalue weighted by Crippen LogP contribution is -2.47. The van der Waals surface area contributed by atoms with E-state index in [0.717, 1.165) is 18.4 Å². The lowest BCUT2D eigenvalue weighted by atomic mass is 9.74. The minimum Gasteiger partial charge on any atom is -0.381 e. The third-order valence-corrected chi connectivity index (χ3v) is 4.98. The normalized spacial score (nSPS) is 15.9. The van der Waals surface area contributed by atoms with Crippen LogP contribution in [-0.4, -0.2) is 31.6 Å². The SMILES string of the molecule is O=C(NCC1(c2ccccc2)CCOCC1)C(=O)Nc1ccc(Cl)cc1. The largest absolute Gasteiger partial charge is 0.381 e. The molecule has 1 aliphatic heterocycles. The molecular formula is C20H21ClN2O3. The Morgan fingerprint density at radius 2 is 1.62 bits per heavy atom. The molecule has 1 aliphatic rings. The molecule has 0 unspecified atom stereocenters. The van der Waals surface area contributed by atoms with Crippen LogP contribution in [0.2, 0.25) is 5.02 Å². The van der Waals surface area contributed by atoms with Crippen LogP contribution < -0.4 is 10.6 Å². The van der Waals surface area contributed by atoms with Crippen molar-refractivity contribution < 1.29 is 14.3 Å². The van der Waals surface area contributed by atoms with Crippen molar-refractivity contribution in [1.29, 1.82) is 0 Å². The average molecular weight is 373 g/mol. The molecule has 2 N–H and O–H groups in total. The number of anilines is 1. The number of benzene rings is 2. The molecule has 2 aromatic rings. The highest BCUT2D eigenvalue weighted by Crippen LogP contribution is 2.34. The van der Waals surface area contributed by atoms with Crippen LogP contribution in [0.5, 0.6) is 0 Å². The molecule has 1 fully saturated rings. The van der Waals surface area contributed by atoms with Crippen LogP contribution >= 0.6 is 11.6 Å². The lowest BCUT2D eigenvalue weighted by molar-refractivity contribution is -0.136. The van der Waals surface area contributed by atoms with Crippen LogP contribution in [0.1, 0.15) is 18.4 Å². The van der Waals surface area contributed by atoms with Crippen molar-refractivity contribution in [1.82, 2.24) is 5.32 Å². The van der Waals surface area contributed by atoms with E-state index in [1.807, 2.05) is 18.2 Å². The number of ether oxygens (including phenoxy) is 1. The zero-order valence-corrected chi connectivity index (χ0v) is 15.1. The van der Waals surface area contributed by atoms with Crippen molar-refractivity contribution in [2.75, 3.05) is 25.1 Å². The Kier molecular flexibility index (Phi) is 5.91. The van der Waals surface area contributed by atoms with E-state index < -0.39 is 11.8 Å². The first kappa shape index (κ1) is 18.4. The van der Waals surface area contributed by atoms with Gasteiger partial charge in [0.25, 0.3) is 0 Å². The molecule has 0 aliphatic carbocycles. The fraction of sp³-hybridized carbons (Fsp3) is 0.300. The summed E-state index contributed by atoms with van der Waals surface area (Å²) in [6.07, 6.45) is 1.60. The Morgan fingerprint density at radius 1 is 0.962 bits per heavy atom. The molecule has 1 heterocycles. The molecule has 1 saturated heterocycles. The van der Waals surface area contributed by atoms with Crippen LogP contribution in [0.25, 0.3) is 0 Å². The van der Waals surface area contributed by atoms with E-state index >= 15 is 0 Å². The first-order valence-corrected chi connectivity index (χ1v) is 8.95. The summed E-state index contributed by atoms with van der Waals surface area (Å²) in [5.74, 6) is -1.34. The molecule has 2 amide bonds. The van der Waals surface area contributed by atoms with Gasteiger partial charge < -0.3 is 15.4 Å². The Balaban J connectivity index is 1.64. The van der Waals surface area contributed by atoms with Crippen molar-refractivity contribution in [2.24, 2.45) is 0 Å². The fourth-order valence-corrected chi connectivity index (χ4v) is 3.30. The van der Waals surface area contributed by atoms with Crippen LogP contribution in [0.4, 0.5) is 5.69 Å². The van der Waals surface area contributed by atoms with E-state index in [1.165, 1.54) is 0 Å². The monoisotopic (exact) mass is 372 g/mol. The third-order valence-electron chi connectivity index (χ3n) is 4.73. The second kappa shape index (κ2) is 8.34. The molecule has 26 heavy (non-hydrogen) atoms. The summed E-state index contributed by atoms with van der Waals surface area (Å²) in [5.41, 5.74) is 1.47. The second-order valence-electron chi connectivity index (χ2n) is 6.40. The molecule has 0 saturated carbocycles. The Hall–Kier alpha value is -2.37. The molecule has 0 radical (unpaired) electrons. The number of hydrogen-bond acceptors (Lipinski definition) is 3. The van der Waals surface area contributed by atoms with Gasteiger partial charge in [0.2, 0.25) is 0 Å².